The molecule has 2 N–H and O–H groups in total. The summed E-state index contributed by atoms with van der Waals surface area (Å²) >= 11 is 0. The van der Waals surface area contributed by atoms with Crippen LogP contribution in [0, 0.1) is 6.92 Å². The lowest BCUT2D eigenvalue weighted by molar-refractivity contribution is -0.137. The molecule has 5 aromatic rings. The van der Waals surface area contributed by atoms with Gasteiger partial charge in [0.2, 0.25) is 0 Å². The molecular formula is C42H46F3N3O7. The highest BCUT2D eigenvalue weighted by Gasteiger charge is 2.32. The molecule has 5 rings (SSSR count). The number of halogens is 3. The van der Waals surface area contributed by atoms with Crippen molar-refractivity contribution in [2.45, 2.75) is 32.5 Å². The van der Waals surface area contributed by atoms with E-state index < -0.39 is 11.7 Å². The first-order valence-corrected chi connectivity index (χ1v) is 17.7. The second-order valence-electron chi connectivity index (χ2n) is 12.7. The molecule has 0 saturated carbocycles. The van der Waals surface area contributed by atoms with E-state index in [-0.39, 0.29) is 17.9 Å². The van der Waals surface area contributed by atoms with Gasteiger partial charge in [0, 0.05) is 48.4 Å². The molecular weight excluding hydrogens is 715 g/mol. The summed E-state index contributed by atoms with van der Waals surface area (Å²) in [6.45, 7) is 4.04. The number of imidazole rings is 1. The Hall–Kier alpha value is -5.37. The van der Waals surface area contributed by atoms with Crippen LogP contribution in [0.4, 0.5) is 13.2 Å². The minimum Gasteiger partial charge on any atom is -0.493 e. The minimum atomic E-state index is -4.58. The first-order valence-electron chi connectivity index (χ1n) is 17.7. The van der Waals surface area contributed by atoms with Gasteiger partial charge < -0.3 is 38.7 Å². The van der Waals surface area contributed by atoms with Crippen LogP contribution < -0.4 is 24.7 Å². The molecule has 292 valence electrons. The number of methoxy groups -OCH3 is 4. The monoisotopic (exact) mass is 761 g/mol. The predicted octanol–water partition coefficient (Wildman–Crippen LogP) is 8.25. The molecule has 0 aliphatic carbocycles. The highest BCUT2D eigenvalue weighted by Crippen LogP contribution is 2.43. The predicted molar refractivity (Wildman–Crippen MR) is 204 cm³/mol. The Labute approximate surface area is 318 Å². The number of aromatic nitrogens is 2. The number of Topliss-reactive ketones (excluding diaryl/α,β-unsaturated/α-hetero) is 1. The van der Waals surface area contributed by atoms with Crippen molar-refractivity contribution in [3.63, 3.8) is 0 Å². The molecule has 0 atom stereocenters. The fourth-order valence-electron chi connectivity index (χ4n) is 6.23. The van der Waals surface area contributed by atoms with E-state index in [2.05, 4.69) is 0 Å². The van der Waals surface area contributed by atoms with Crippen LogP contribution >= 0.6 is 0 Å². The van der Waals surface area contributed by atoms with Crippen LogP contribution in [0.2, 0.25) is 0 Å². The zero-order chi connectivity index (χ0) is 39.5. The van der Waals surface area contributed by atoms with Crippen molar-refractivity contribution in [2.75, 3.05) is 61.4 Å². The van der Waals surface area contributed by atoms with Crippen molar-refractivity contribution in [1.82, 2.24) is 9.55 Å². The number of hydrogen-bond donors (Lipinski definition) is 1. The average Bonchev–Trinajstić information content (AvgIpc) is 3.56. The number of alkyl halides is 3. The number of hydrogen-bond acceptors (Lipinski definition) is 9. The summed E-state index contributed by atoms with van der Waals surface area (Å²) in [4.78, 5) is 18.1. The third kappa shape index (κ3) is 10.0. The smallest absolute Gasteiger partial charge is 0.416 e. The maximum absolute atomic E-state index is 14.2. The van der Waals surface area contributed by atoms with E-state index in [4.69, 9.17) is 39.1 Å². The maximum Gasteiger partial charge on any atom is 0.416 e. The molecule has 1 aromatic heterocycles. The lowest BCUT2D eigenvalue weighted by atomic mass is 10.0. The zero-order valence-electron chi connectivity index (χ0n) is 31.6. The van der Waals surface area contributed by atoms with Gasteiger partial charge in [-0.25, -0.2) is 4.98 Å². The number of nitrogens with two attached hydrogens (primary N) is 1. The summed E-state index contributed by atoms with van der Waals surface area (Å²) in [7, 11) is 6.12. The molecule has 0 bridgehead atoms. The van der Waals surface area contributed by atoms with Crippen molar-refractivity contribution in [3.05, 3.63) is 101 Å². The highest BCUT2D eigenvalue weighted by molar-refractivity contribution is 5.96. The van der Waals surface area contributed by atoms with Crippen molar-refractivity contribution in [1.29, 1.82) is 0 Å². The van der Waals surface area contributed by atoms with Gasteiger partial charge in [-0.05, 0) is 79.1 Å². The van der Waals surface area contributed by atoms with Gasteiger partial charge in [0.25, 0.3) is 0 Å². The van der Waals surface area contributed by atoms with E-state index >= 15 is 0 Å². The van der Waals surface area contributed by atoms with Crippen molar-refractivity contribution >= 4 is 5.78 Å². The van der Waals surface area contributed by atoms with E-state index in [1.54, 1.807) is 49.4 Å². The van der Waals surface area contributed by atoms with Crippen LogP contribution in [0.15, 0.2) is 78.9 Å². The number of aryl methyl sites for hydroxylation is 1. The SMILES string of the molecule is COc1ccc(-c2nc(-c3cc(C)cc(C(F)(F)F)c3)n(Cc3ccc(C(=O)CCCOCCOCCN)cc3)c2-c2ccc(OC)c(OC)c2)cc1OC. The fourth-order valence-corrected chi connectivity index (χ4v) is 6.23. The molecule has 0 fully saturated rings. The Balaban J connectivity index is 1.61. The number of ether oxygens (including phenoxy) is 6. The Morgan fingerprint density at radius 3 is 1.91 bits per heavy atom. The normalized spacial score (nSPS) is 11.4. The third-order valence-electron chi connectivity index (χ3n) is 8.89. The van der Waals surface area contributed by atoms with E-state index in [0.717, 1.165) is 17.7 Å². The molecule has 4 aromatic carbocycles. The van der Waals surface area contributed by atoms with Crippen molar-refractivity contribution < 1.29 is 46.4 Å². The van der Waals surface area contributed by atoms with Gasteiger partial charge in [-0.2, -0.15) is 13.2 Å². The molecule has 0 aliphatic heterocycles. The molecule has 0 unspecified atom stereocenters. The lowest BCUT2D eigenvalue weighted by Crippen LogP contribution is -2.12. The van der Waals surface area contributed by atoms with E-state index in [9.17, 15) is 18.0 Å². The van der Waals surface area contributed by atoms with Gasteiger partial charge in [0.15, 0.2) is 28.8 Å². The summed E-state index contributed by atoms with van der Waals surface area (Å²) in [6.07, 6.45) is -3.72. The summed E-state index contributed by atoms with van der Waals surface area (Å²) < 4.78 is 77.6. The van der Waals surface area contributed by atoms with Crippen molar-refractivity contribution in [3.8, 4) is 56.9 Å². The minimum absolute atomic E-state index is 0.0287. The number of carbonyl (C=O) groups excluding carboxylic acids is 1. The van der Waals surface area contributed by atoms with Gasteiger partial charge in [-0.3, -0.25) is 4.79 Å². The van der Waals surface area contributed by atoms with E-state index in [0.29, 0.717) is 108 Å². The van der Waals surface area contributed by atoms with Gasteiger partial charge >= 0.3 is 6.18 Å². The summed E-state index contributed by atoms with van der Waals surface area (Å²) in [6, 6.07) is 21.9. The number of nitrogens with zero attached hydrogens (tertiary/aromatic N) is 2. The molecule has 0 saturated heterocycles. The summed E-state index contributed by atoms with van der Waals surface area (Å²) in [5.74, 6) is 2.18. The fraction of sp³-hybridized carbons (Fsp3) is 0.333. The largest absolute Gasteiger partial charge is 0.493 e. The number of benzene rings is 4. The number of rotatable bonds is 19. The molecule has 0 amide bonds. The Kier molecular flexibility index (Phi) is 13.9. The van der Waals surface area contributed by atoms with Crippen LogP contribution in [-0.4, -0.2) is 76.7 Å². The maximum atomic E-state index is 14.2. The van der Waals surface area contributed by atoms with Crippen LogP contribution in [0.3, 0.4) is 0 Å². The van der Waals surface area contributed by atoms with Crippen LogP contribution in [0.5, 0.6) is 23.0 Å². The lowest BCUT2D eigenvalue weighted by Gasteiger charge is -2.17. The van der Waals surface area contributed by atoms with Gasteiger partial charge in [0.1, 0.15) is 5.82 Å². The Morgan fingerprint density at radius 2 is 1.31 bits per heavy atom. The molecule has 55 heavy (non-hydrogen) atoms. The third-order valence-corrected chi connectivity index (χ3v) is 8.89. The molecule has 10 nitrogen and oxygen atoms in total. The number of carbonyl (C=O) groups is 1. The molecule has 0 aliphatic rings. The van der Waals surface area contributed by atoms with Crippen molar-refractivity contribution in [2.24, 2.45) is 5.73 Å². The van der Waals surface area contributed by atoms with Crippen LogP contribution in [-0.2, 0) is 22.2 Å². The van der Waals surface area contributed by atoms with Gasteiger partial charge in [-0.1, -0.05) is 24.3 Å². The van der Waals surface area contributed by atoms with Gasteiger partial charge in [-0.15, -0.1) is 0 Å². The van der Waals surface area contributed by atoms with Crippen LogP contribution in [0.1, 0.15) is 39.9 Å². The Bertz CT molecular complexity index is 2060. The topological polar surface area (TPSA) is 116 Å². The molecule has 0 spiro atoms. The second-order valence-corrected chi connectivity index (χ2v) is 12.7. The van der Waals surface area contributed by atoms with E-state index in [1.165, 1.54) is 28.4 Å². The summed E-state index contributed by atoms with van der Waals surface area (Å²) in [5, 5.41) is 0. The quantitative estimate of drug-likeness (QED) is 0.0656. The van der Waals surface area contributed by atoms with E-state index in [1.807, 2.05) is 28.8 Å². The molecule has 1 heterocycles. The first kappa shape index (κ1) is 40.8. The molecule has 0 radical (unpaired) electrons. The standard InChI is InChI=1S/C42H46F3N3O7/c1-27-21-32(23-33(22-27)42(43,44)45)41-47-39(30-12-14-35(50-2)37(24-30)52-4)40(31-13-15-36(51-3)38(25-31)53-5)48(41)26-28-8-10-29(11-9-28)34(49)7-6-17-54-19-20-55-18-16-46/h8-15,21-25H,6-7,16-20,26,46H2,1-5H3. The Morgan fingerprint density at radius 1 is 0.709 bits per heavy atom. The first-order chi connectivity index (χ1) is 26.5. The second kappa shape index (κ2) is 18.8. The highest BCUT2D eigenvalue weighted by atomic mass is 19.4. The van der Waals surface area contributed by atoms with Gasteiger partial charge in [0.05, 0.1) is 65.2 Å². The average molecular weight is 762 g/mol. The molecule has 13 heteroatoms. The zero-order valence-corrected chi connectivity index (χ0v) is 31.6. The summed E-state index contributed by atoms with van der Waals surface area (Å²) in [5.41, 5.74) is 9.06. The van der Waals surface area contributed by atoms with Crippen LogP contribution in [0.25, 0.3) is 33.9 Å². The number of ketones is 1.